The predicted molar refractivity (Wildman–Crippen MR) is 108 cm³/mol. The lowest BCUT2D eigenvalue weighted by Gasteiger charge is -2.08. The molecule has 0 aliphatic rings. The molecule has 7 heteroatoms. The molecule has 0 unspecified atom stereocenters. The number of imidazole rings is 2. The third-order valence-electron chi connectivity index (χ3n) is 4.56. The van der Waals surface area contributed by atoms with Crippen LogP contribution in [-0.2, 0) is 6.54 Å². The highest BCUT2D eigenvalue weighted by molar-refractivity contribution is 5.77. The number of aromatic nitrogens is 6. The molecule has 0 fully saturated rings. The zero-order chi connectivity index (χ0) is 18.8. The molecule has 1 N–H and O–H groups in total. The van der Waals surface area contributed by atoms with Crippen molar-refractivity contribution in [2.75, 3.05) is 5.32 Å². The fourth-order valence-corrected chi connectivity index (χ4v) is 3.08. The predicted octanol–water partition coefficient (Wildman–Crippen LogP) is 3.61. The van der Waals surface area contributed by atoms with Crippen LogP contribution in [0.1, 0.15) is 5.56 Å². The zero-order valence-electron chi connectivity index (χ0n) is 15.0. The highest BCUT2D eigenvalue weighted by Crippen LogP contribution is 2.18. The molecule has 0 saturated carbocycles. The summed E-state index contributed by atoms with van der Waals surface area (Å²) < 4.78 is 3.90. The third kappa shape index (κ3) is 3.09. The van der Waals surface area contributed by atoms with Gasteiger partial charge in [0.1, 0.15) is 18.5 Å². The van der Waals surface area contributed by atoms with Gasteiger partial charge in [-0.25, -0.2) is 9.97 Å². The van der Waals surface area contributed by atoms with Gasteiger partial charge in [0.25, 0.3) is 0 Å². The second kappa shape index (κ2) is 6.96. The Balaban J connectivity index is 1.28. The second-order valence-electron chi connectivity index (χ2n) is 6.37. The number of anilines is 1. The van der Waals surface area contributed by atoms with Gasteiger partial charge in [-0.05, 0) is 42.0 Å². The van der Waals surface area contributed by atoms with Gasteiger partial charge in [0.15, 0.2) is 5.82 Å². The van der Waals surface area contributed by atoms with Crippen LogP contribution in [0.2, 0.25) is 0 Å². The summed E-state index contributed by atoms with van der Waals surface area (Å²) >= 11 is 0. The quantitative estimate of drug-likeness (QED) is 0.514. The summed E-state index contributed by atoms with van der Waals surface area (Å²) in [5.41, 5.74) is 4.34. The van der Waals surface area contributed by atoms with Gasteiger partial charge in [0, 0.05) is 24.6 Å². The molecule has 3 heterocycles. The Kier molecular flexibility index (Phi) is 4.02. The first-order chi connectivity index (χ1) is 13.9. The lowest BCUT2D eigenvalue weighted by Crippen LogP contribution is -2.04. The Bertz CT molecular complexity index is 1190. The lowest BCUT2D eigenvalue weighted by atomic mass is 10.2. The van der Waals surface area contributed by atoms with Crippen LogP contribution in [0.15, 0.2) is 85.7 Å². The number of nitrogens with one attached hydrogen (secondary N) is 1. The van der Waals surface area contributed by atoms with E-state index in [-0.39, 0.29) is 0 Å². The monoisotopic (exact) mass is 367 g/mol. The highest BCUT2D eigenvalue weighted by atomic mass is 15.2. The Labute approximate surface area is 161 Å². The van der Waals surface area contributed by atoms with E-state index in [0.717, 1.165) is 33.9 Å². The average molecular weight is 367 g/mol. The van der Waals surface area contributed by atoms with Crippen LogP contribution in [0, 0.1) is 0 Å². The van der Waals surface area contributed by atoms with E-state index in [1.54, 1.807) is 12.5 Å². The Hall–Kier alpha value is -4.00. The maximum Gasteiger partial charge on any atom is 0.160 e. The number of benzene rings is 2. The molecular formula is C21H17N7. The fraction of sp³-hybridized carbons (Fsp3) is 0.0476. The van der Waals surface area contributed by atoms with E-state index in [0.29, 0.717) is 6.54 Å². The lowest BCUT2D eigenvalue weighted by molar-refractivity contribution is 0.907. The van der Waals surface area contributed by atoms with E-state index in [1.165, 1.54) is 0 Å². The number of nitrogens with zero attached hydrogens (tertiary/aromatic N) is 6. The number of rotatable bonds is 5. The summed E-state index contributed by atoms with van der Waals surface area (Å²) in [6.45, 7) is 0.671. The van der Waals surface area contributed by atoms with Crippen LogP contribution in [0.3, 0.4) is 0 Å². The van der Waals surface area contributed by atoms with E-state index in [2.05, 4.69) is 60.4 Å². The highest BCUT2D eigenvalue weighted by Gasteiger charge is 2.04. The molecule has 0 aliphatic carbocycles. The summed E-state index contributed by atoms with van der Waals surface area (Å²) in [6.07, 6.45) is 7.10. The molecule has 0 saturated heterocycles. The number of hydrogen-bond donors (Lipinski definition) is 1. The van der Waals surface area contributed by atoms with Crippen molar-refractivity contribution in [2.24, 2.45) is 0 Å². The first kappa shape index (κ1) is 16.2. The van der Waals surface area contributed by atoms with Crippen LogP contribution < -0.4 is 5.32 Å². The molecule has 28 heavy (non-hydrogen) atoms. The van der Waals surface area contributed by atoms with Crippen LogP contribution >= 0.6 is 0 Å². The largest absolute Gasteiger partial charge is 0.365 e. The maximum absolute atomic E-state index is 4.45. The van der Waals surface area contributed by atoms with E-state index in [9.17, 15) is 0 Å². The summed E-state index contributed by atoms with van der Waals surface area (Å²) in [6, 6.07) is 20.3. The SMILES string of the molecule is c1ccc2c(c1)ncn2-c1ccc(CNc2ccc(-n3ccnc3)nn2)cc1. The van der Waals surface area contributed by atoms with Gasteiger partial charge >= 0.3 is 0 Å². The molecule has 136 valence electrons. The normalized spacial score (nSPS) is 11.0. The topological polar surface area (TPSA) is 73.5 Å². The fourth-order valence-electron chi connectivity index (χ4n) is 3.08. The molecule has 3 aromatic heterocycles. The van der Waals surface area contributed by atoms with Crippen LogP contribution in [0.4, 0.5) is 5.82 Å². The summed E-state index contributed by atoms with van der Waals surface area (Å²) in [4.78, 5) is 8.46. The Morgan fingerprint density at radius 2 is 1.75 bits per heavy atom. The minimum atomic E-state index is 0.671. The summed E-state index contributed by atoms with van der Waals surface area (Å²) in [5, 5.41) is 11.7. The van der Waals surface area contributed by atoms with Gasteiger partial charge < -0.3 is 5.32 Å². The van der Waals surface area contributed by atoms with Crippen molar-refractivity contribution in [1.29, 1.82) is 0 Å². The smallest absolute Gasteiger partial charge is 0.160 e. The van der Waals surface area contributed by atoms with Crippen molar-refractivity contribution >= 4 is 16.9 Å². The Morgan fingerprint density at radius 1 is 0.857 bits per heavy atom. The van der Waals surface area contributed by atoms with Gasteiger partial charge in [-0.3, -0.25) is 9.13 Å². The maximum atomic E-state index is 4.45. The van der Waals surface area contributed by atoms with Gasteiger partial charge in [-0.2, -0.15) is 0 Å². The molecule has 5 rings (SSSR count). The number of fused-ring (bicyclic) bond motifs is 1. The van der Waals surface area contributed by atoms with Crippen molar-refractivity contribution in [3.63, 3.8) is 0 Å². The van der Waals surface area contributed by atoms with Crippen molar-refractivity contribution in [2.45, 2.75) is 6.54 Å². The molecule has 2 aromatic carbocycles. The van der Waals surface area contributed by atoms with Crippen LogP contribution in [0.25, 0.3) is 22.5 Å². The van der Waals surface area contributed by atoms with E-state index in [1.807, 2.05) is 47.4 Å². The van der Waals surface area contributed by atoms with Gasteiger partial charge in [-0.15, -0.1) is 10.2 Å². The summed E-state index contributed by atoms with van der Waals surface area (Å²) in [7, 11) is 0. The number of para-hydroxylation sites is 2. The van der Waals surface area contributed by atoms with E-state index >= 15 is 0 Å². The molecule has 0 aliphatic heterocycles. The number of hydrogen-bond acceptors (Lipinski definition) is 5. The van der Waals surface area contributed by atoms with Gasteiger partial charge in [-0.1, -0.05) is 24.3 Å². The van der Waals surface area contributed by atoms with E-state index < -0.39 is 0 Å². The molecule has 0 amide bonds. The Morgan fingerprint density at radius 3 is 2.54 bits per heavy atom. The molecule has 0 radical (unpaired) electrons. The molecule has 0 atom stereocenters. The molecular weight excluding hydrogens is 350 g/mol. The summed E-state index contributed by atoms with van der Waals surface area (Å²) in [5.74, 6) is 1.47. The molecule has 0 bridgehead atoms. The first-order valence-corrected chi connectivity index (χ1v) is 8.94. The molecule has 5 aromatic rings. The van der Waals surface area contributed by atoms with E-state index in [4.69, 9.17) is 0 Å². The zero-order valence-corrected chi connectivity index (χ0v) is 15.0. The molecule has 0 spiro atoms. The average Bonchev–Trinajstić information content (AvgIpc) is 3.43. The van der Waals surface area contributed by atoms with Crippen LogP contribution in [0.5, 0.6) is 0 Å². The minimum Gasteiger partial charge on any atom is -0.365 e. The van der Waals surface area contributed by atoms with Crippen LogP contribution in [-0.4, -0.2) is 29.3 Å². The van der Waals surface area contributed by atoms with Crippen molar-refractivity contribution in [3.8, 4) is 11.5 Å². The first-order valence-electron chi connectivity index (χ1n) is 8.94. The van der Waals surface area contributed by atoms with Crippen molar-refractivity contribution in [3.05, 3.63) is 91.3 Å². The van der Waals surface area contributed by atoms with Crippen molar-refractivity contribution in [1.82, 2.24) is 29.3 Å². The van der Waals surface area contributed by atoms with Gasteiger partial charge in [0.2, 0.25) is 0 Å². The van der Waals surface area contributed by atoms with Crippen molar-refractivity contribution < 1.29 is 0 Å². The molecule has 7 nitrogen and oxygen atoms in total. The minimum absolute atomic E-state index is 0.671. The standard InChI is InChI=1S/C21H17N7/c1-2-4-19-18(3-1)24-15-28(19)17-7-5-16(6-8-17)13-23-20-9-10-21(26-25-20)27-12-11-22-14-27/h1-12,14-15H,13H2,(H,23,25). The third-order valence-corrected chi connectivity index (χ3v) is 4.56. The van der Waals surface area contributed by atoms with Gasteiger partial charge in [0.05, 0.1) is 11.0 Å². The second-order valence-corrected chi connectivity index (χ2v) is 6.37.